The van der Waals surface area contributed by atoms with Gasteiger partial charge in [-0.2, -0.15) is 0 Å². The molecule has 0 aromatic carbocycles. The number of hydrogen-bond acceptors (Lipinski definition) is 4. The molecule has 1 aromatic heterocycles. The van der Waals surface area contributed by atoms with Crippen LogP contribution in [-0.4, -0.2) is 21.3 Å². The van der Waals surface area contributed by atoms with Crippen molar-refractivity contribution in [2.45, 2.75) is 37.4 Å². The summed E-state index contributed by atoms with van der Waals surface area (Å²) in [6.07, 6.45) is 3.99. The highest BCUT2D eigenvalue weighted by Gasteiger charge is 2.36. The third kappa shape index (κ3) is 2.00. The second-order valence-corrected chi connectivity index (χ2v) is 6.14. The Hall–Kier alpha value is 0.0300. The summed E-state index contributed by atoms with van der Waals surface area (Å²) in [4.78, 5) is 4.18. The van der Waals surface area contributed by atoms with Crippen LogP contribution in [0.5, 0.6) is 0 Å². The summed E-state index contributed by atoms with van der Waals surface area (Å²) < 4.78 is 0.937. The van der Waals surface area contributed by atoms with E-state index < -0.39 is 5.60 Å². The van der Waals surface area contributed by atoms with E-state index in [1.807, 2.05) is 0 Å². The van der Waals surface area contributed by atoms with Gasteiger partial charge in [0.05, 0.1) is 16.1 Å². The van der Waals surface area contributed by atoms with Gasteiger partial charge < -0.3 is 10.2 Å². The first-order valence-electron chi connectivity index (χ1n) is 4.62. The maximum absolute atomic E-state index is 10.3. The van der Waals surface area contributed by atoms with Crippen molar-refractivity contribution in [1.29, 1.82) is 0 Å². The molecule has 0 spiro atoms. The summed E-state index contributed by atoms with van der Waals surface area (Å²) in [6.45, 7) is 0. The molecule has 1 fully saturated rings. The van der Waals surface area contributed by atoms with E-state index in [2.05, 4.69) is 20.9 Å². The van der Waals surface area contributed by atoms with E-state index in [1.54, 1.807) is 6.20 Å². The molecule has 5 heteroatoms. The van der Waals surface area contributed by atoms with Crippen LogP contribution in [0.4, 0.5) is 0 Å². The average molecular weight is 278 g/mol. The highest BCUT2D eigenvalue weighted by molar-refractivity contribution is 9.11. The molecule has 3 nitrogen and oxygen atoms in total. The highest BCUT2D eigenvalue weighted by atomic mass is 79.9. The van der Waals surface area contributed by atoms with E-state index in [0.717, 1.165) is 8.79 Å². The molecule has 0 amide bonds. The van der Waals surface area contributed by atoms with E-state index in [-0.39, 0.29) is 6.10 Å². The summed E-state index contributed by atoms with van der Waals surface area (Å²) >= 11 is 4.80. The Morgan fingerprint density at radius 2 is 2.14 bits per heavy atom. The first-order chi connectivity index (χ1) is 6.60. The fourth-order valence-electron chi connectivity index (χ4n) is 1.76. The summed E-state index contributed by atoms with van der Waals surface area (Å²) in [7, 11) is 0. The third-order valence-corrected chi connectivity index (χ3v) is 4.33. The Bertz CT molecular complexity index is 320. The molecule has 1 aliphatic rings. The SMILES string of the molecule is O[C@H]1CC[C@@](O)(c2ncc(Br)s2)CC1. The van der Waals surface area contributed by atoms with E-state index in [4.69, 9.17) is 0 Å². The molecule has 0 unspecified atom stereocenters. The van der Waals surface area contributed by atoms with Crippen LogP contribution in [0.3, 0.4) is 0 Å². The lowest BCUT2D eigenvalue weighted by atomic mass is 9.84. The zero-order valence-electron chi connectivity index (χ0n) is 7.61. The molecular weight excluding hydrogens is 266 g/mol. The minimum absolute atomic E-state index is 0.251. The van der Waals surface area contributed by atoms with Gasteiger partial charge in [0, 0.05) is 0 Å². The first-order valence-corrected chi connectivity index (χ1v) is 6.23. The van der Waals surface area contributed by atoms with Gasteiger partial charge >= 0.3 is 0 Å². The highest BCUT2D eigenvalue weighted by Crippen LogP contribution is 2.39. The molecule has 2 rings (SSSR count). The second-order valence-electron chi connectivity index (χ2n) is 3.73. The predicted octanol–water partition coefficient (Wildman–Crippen LogP) is 2.03. The summed E-state index contributed by atoms with van der Waals surface area (Å²) in [5, 5.41) is 20.4. The Morgan fingerprint density at radius 3 is 2.64 bits per heavy atom. The lowest BCUT2D eigenvalue weighted by molar-refractivity contribution is -0.0362. The second kappa shape index (κ2) is 3.89. The first kappa shape index (κ1) is 10.5. The normalized spacial score (nSPS) is 33.2. The lowest BCUT2D eigenvalue weighted by Crippen LogP contribution is -2.33. The van der Waals surface area contributed by atoms with Gasteiger partial charge in [-0.05, 0) is 41.6 Å². The molecule has 14 heavy (non-hydrogen) atoms. The van der Waals surface area contributed by atoms with Crippen molar-refractivity contribution in [3.63, 3.8) is 0 Å². The van der Waals surface area contributed by atoms with Crippen molar-refractivity contribution in [3.8, 4) is 0 Å². The van der Waals surface area contributed by atoms with Crippen LogP contribution in [0.15, 0.2) is 9.98 Å². The van der Waals surface area contributed by atoms with Crippen LogP contribution in [0.25, 0.3) is 0 Å². The van der Waals surface area contributed by atoms with Crippen molar-refractivity contribution in [1.82, 2.24) is 4.98 Å². The van der Waals surface area contributed by atoms with Crippen molar-refractivity contribution in [2.24, 2.45) is 0 Å². The van der Waals surface area contributed by atoms with Crippen molar-refractivity contribution < 1.29 is 10.2 Å². The van der Waals surface area contributed by atoms with E-state index in [0.29, 0.717) is 25.7 Å². The maximum Gasteiger partial charge on any atom is 0.125 e. The summed E-state index contributed by atoms with van der Waals surface area (Å²) in [6, 6.07) is 0. The van der Waals surface area contributed by atoms with E-state index >= 15 is 0 Å². The van der Waals surface area contributed by atoms with E-state index in [1.165, 1.54) is 11.3 Å². The Morgan fingerprint density at radius 1 is 1.50 bits per heavy atom. The van der Waals surface area contributed by atoms with Gasteiger partial charge in [-0.3, -0.25) is 0 Å². The molecule has 0 aliphatic heterocycles. The molecular formula is C9H12BrNO2S. The molecule has 1 heterocycles. The largest absolute Gasteiger partial charge is 0.393 e. The zero-order chi connectivity index (χ0) is 10.2. The Kier molecular flexibility index (Phi) is 2.93. The molecule has 0 saturated heterocycles. The topological polar surface area (TPSA) is 53.4 Å². The number of aliphatic hydroxyl groups is 2. The molecule has 1 aliphatic carbocycles. The molecule has 0 radical (unpaired) electrons. The van der Waals surface area contributed by atoms with Crippen LogP contribution < -0.4 is 0 Å². The molecule has 1 aromatic rings. The standard InChI is InChI=1S/C9H12BrNO2S/c10-7-5-11-8(14-7)9(13)3-1-6(12)2-4-9/h5-6,12-13H,1-4H2/t6-,9-. The van der Waals surface area contributed by atoms with Gasteiger partial charge in [0.25, 0.3) is 0 Å². The predicted molar refractivity (Wildman–Crippen MR) is 58.2 cm³/mol. The van der Waals surface area contributed by atoms with Gasteiger partial charge in [-0.15, -0.1) is 11.3 Å². The van der Waals surface area contributed by atoms with Crippen LogP contribution >= 0.6 is 27.3 Å². The smallest absolute Gasteiger partial charge is 0.125 e. The molecule has 0 atom stereocenters. The van der Waals surface area contributed by atoms with Crippen LogP contribution in [0, 0.1) is 0 Å². The number of rotatable bonds is 1. The number of aliphatic hydroxyl groups excluding tert-OH is 1. The van der Waals surface area contributed by atoms with Gasteiger partial charge in [0.1, 0.15) is 10.6 Å². The van der Waals surface area contributed by atoms with Crippen molar-refractivity contribution in [2.75, 3.05) is 0 Å². The Balaban J connectivity index is 2.16. The van der Waals surface area contributed by atoms with Gasteiger partial charge in [0.2, 0.25) is 0 Å². The number of hydrogen-bond donors (Lipinski definition) is 2. The number of nitrogens with zero attached hydrogens (tertiary/aromatic N) is 1. The number of halogens is 1. The van der Waals surface area contributed by atoms with Gasteiger partial charge in [-0.25, -0.2) is 4.98 Å². The third-order valence-electron chi connectivity index (χ3n) is 2.66. The maximum atomic E-state index is 10.3. The quantitative estimate of drug-likeness (QED) is 0.826. The minimum Gasteiger partial charge on any atom is -0.393 e. The summed E-state index contributed by atoms with van der Waals surface area (Å²) in [5.41, 5.74) is -0.810. The van der Waals surface area contributed by atoms with Crippen LogP contribution in [-0.2, 0) is 5.60 Å². The monoisotopic (exact) mass is 277 g/mol. The van der Waals surface area contributed by atoms with Gasteiger partial charge in [-0.1, -0.05) is 0 Å². The van der Waals surface area contributed by atoms with Crippen molar-refractivity contribution in [3.05, 3.63) is 15.0 Å². The zero-order valence-corrected chi connectivity index (χ0v) is 10.0. The molecule has 1 saturated carbocycles. The fourth-order valence-corrected chi connectivity index (χ4v) is 3.12. The molecule has 2 N–H and O–H groups in total. The Labute approximate surface area is 94.9 Å². The number of aromatic nitrogens is 1. The lowest BCUT2D eigenvalue weighted by Gasteiger charge is -2.32. The molecule has 78 valence electrons. The van der Waals surface area contributed by atoms with E-state index in [9.17, 15) is 10.2 Å². The van der Waals surface area contributed by atoms with Crippen LogP contribution in [0.1, 0.15) is 30.7 Å². The van der Waals surface area contributed by atoms with Crippen molar-refractivity contribution >= 4 is 27.3 Å². The minimum atomic E-state index is -0.810. The number of thiazole rings is 1. The summed E-state index contributed by atoms with van der Waals surface area (Å²) in [5.74, 6) is 0. The average Bonchev–Trinajstić information content (AvgIpc) is 2.58. The van der Waals surface area contributed by atoms with Gasteiger partial charge in [0.15, 0.2) is 0 Å². The van der Waals surface area contributed by atoms with Crippen LogP contribution in [0.2, 0.25) is 0 Å². The molecule has 0 bridgehead atoms. The fraction of sp³-hybridized carbons (Fsp3) is 0.667.